The molecule has 2 rings (SSSR count). The van der Waals surface area contributed by atoms with Crippen LogP contribution in [-0.4, -0.2) is 19.5 Å². The summed E-state index contributed by atoms with van der Waals surface area (Å²) in [5.74, 6) is -1.14. The number of nitrogens with one attached hydrogen (secondary N) is 1. The third kappa shape index (κ3) is 3.54. The predicted molar refractivity (Wildman–Crippen MR) is 74.6 cm³/mol. The Morgan fingerprint density at radius 3 is 2.68 bits per heavy atom. The van der Waals surface area contributed by atoms with Crippen molar-refractivity contribution in [2.45, 2.75) is 11.4 Å². The van der Waals surface area contributed by atoms with Crippen molar-refractivity contribution >= 4 is 50.3 Å². The van der Waals surface area contributed by atoms with E-state index in [1.165, 1.54) is 16.7 Å². The molecule has 0 saturated carbocycles. The van der Waals surface area contributed by atoms with Gasteiger partial charge in [0, 0.05) is 16.8 Å². The van der Waals surface area contributed by atoms with Gasteiger partial charge in [-0.1, -0.05) is 11.6 Å². The van der Waals surface area contributed by atoms with E-state index in [0.29, 0.717) is 4.34 Å². The van der Waals surface area contributed by atoms with Crippen LogP contribution in [-0.2, 0) is 16.6 Å². The standard InChI is InChI=1S/C10H8ClNO4S3/c11-9-2-1-6(18-9)4-12-19(15,16)7-3-8(10(13)14)17-5-7/h1-3,5,12H,4H2,(H,13,14). The number of carboxylic acid groups (broad SMARTS) is 1. The van der Waals surface area contributed by atoms with E-state index in [-0.39, 0.29) is 16.3 Å². The van der Waals surface area contributed by atoms with E-state index in [4.69, 9.17) is 16.7 Å². The topological polar surface area (TPSA) is 83.5 Å². The largest absolute Gasteiger partial charge is 0.477 e. The van der Waals surface area contributed by atoms with Crippen molar-refractivity contribution in [1.82, 2.24) is 4.72 Å². The maximum atomic E-state index is 11.9. The van der Waals surface area contributed by atoms with Crippen molar-refractivity contribution in [1.29, 1.82) is 0 Å². The molecule has 2 aromatic rings. The highest BCUT2D eigenvalue weighted by molar-refractivity contribution is 7.89. The van der Waals surface area contributed by atoms with Crippen molar-refractivity contribution in [3.05, 3.63) is 37.7 Å². The molecule has 2 heterocycles. The fourth-order valence-corrected chi connectivity index (χ4v) is 4.50. The Balaban J connectivity index is 2.11. The van der Waals surface area contributed by atoms with E-state index in [1.807, 2.05) is 0 Å². The number of thiophene rings is 2. The predicted octanol–water partition coefficient (Wildman–Crippen LogP) is 2.64. The number of hydrogen-bond acceptors (Lipinski definition) is 5. The second kappa shape index (κ2) is 5.59. The lowest BCUT2D eigenvalue weighted by atomic mass is 10.5. The molecule has 2 N–H and O–H groups in total. The van der Waals surface area contributed by atoms with E-state index in [0.717, 1.165) is 22.3 Å². The molecule has 5 nitrogen and oxygen atoms in total. The third-order valence-corrected chi connectivity index (χ3v) is 5.84. The first-order valence-corrected chi connectivity index (χ1v) is 8.50. The molecule has 0 aliphatic carbocycles. The monoisotopic (exact) mass is 337 g/mol. The van der Waals surface area contributed by atoms with Crippen molar-refractivity contribution in [2.24, 2.45) is 0 Å². The minimum absolute atomic E-state index is 0.0143. The molecule has 0 bridgehead atoms. The maximum absolute atomic E-state index is 11.9. The average molecular weight is 338 g/mol. The maximum Gasteiger partial charge on any atom is 0.345 e. The van der Waals surface area contributed by atoms with E-state index in [1.54, 1.807) is 12.1 Å². The zero-order valence-electron chi connectivity index (χ0n) is 9.29. The molecular formula is C10H8ClNO4S3. The minimum atomic E-state index is -3.70. The molecule has 19 heavy (non-hydrogen) atoms. The van der Waals surface area contributed by atoms with E-state index in [9.17, 15) is 13.2 Å². The quantitative estimate of drug-likeness (QED) is 0.878. The minimum Gasteiger partial charge on any atom is -0.477 e. The van der Waals surface area contributed by atoms with Crippen LogP contribution in [0.2, 0.25) is 4.34 Å². The fraction of sp³-hybridized carbons (Fsp3) is 0.100. The van der Waals surface area contributed by atoms with Crippen LogP contribution < -0.4 is 4.72 Å². The highest BCUT2D eigenvalue weighted by atomic mass is 35.5. The first-order valence-electron chi connectivity index (χ1n) is 4.94. The van der Waals surface area contributed by atoms with Gasteiger partial charge in [0.15, 0.2) is 0 Å². The number of aromatic carboxylic acids is 1. The Labute approximate surface area is 122 Å². The Bertz CT molecular complexity index is 704. The highest BCUT2D eigenvalue weighted by Gasteiger charge is 2.18. The number of carbonyl (C=O) groups is 1. The summed E-state index contributed by atoms with van der Waals surface area (Å²) in [5, 5.41) is 10.1. The molecule has 0 radical (unpaired) electrons. The molecular weight excluding hydrogens is 330 g/mol. The molecule has 102 valence electrons. The summed E-state index contributed by atoms with van der Waals surface area (Å²) in [6, 6.07) is 4.55. The third-order valence-electron chi connectivity index (χ3n) is 2.16. The van der Waals surface area contributed by atoms with Crippen LogP contribution in [0.3, 0.4) is 0 Å². The smallest absolute Gasteiger partial charge is 0.345 e. The second-order valence-corrected chi connectivity index (χ2v) is 7.96. The summed E-state index contributed by atoms with van der Waals surface area (Å²) < 4.78 is 26.8. The number of carboxylic acids is 1. The van der Waals surface area contributed by atoms with Gasteiger partial charge in [-0.2, -0.15) is 0 Å². The van der Waals surface area contributed by atoms with E-state index in [2.05, 4.69) is 4.72 Å². The van der Waals surface area contributed by atoms with Gasteiger partial charge >= 0.3 is 5.97 Å². The lowest BCUT2D eigenvalue weighted by molar-refractivity contribution is 0.0702. The van der Waals surface area contributed by atoms with Crippen molar-refractivity contribution in [2.75, 3.05) is 0 Å². The van der Waals surface area contributed by atoms with E-state index >= 15 is 0 Å². The van der Waals surface area contributed by atoms with Crippen LogP contribution in [0.4, 0.5) is 0 Å². The number of hydrogen-bond donors (Lipinski definition) is 2. The summed E-state index contributed by atoms with van der Waals surface area (Å²) in [6.07, 6.45) is 0. The highest BCUT2D eigenvalue weighted by Crippen LogP contribution is 2.23. The normalized spacial score (nSPS) is 11.6. The van der Waals surface area contributed by atoms with Crippen LogP contribution in [0, 0.1) is 0 Å². The summed E-state index contributed by atoms with van der Waals surface area (Å²) in [4.78, 5) is 11.4. The molecule has 0 amide bonds. The first-order chi connectivity index (χ1) is 8.88. The molecule has 0 aliphatic heterocycles. The summed E-state index contributed by atoms with van der Waals surface area (Å²) in [5.41, 5.74) is 0. The van der Waals surface area contributed by atoms with Gasteiger partial charge in [0.1, 0.15) is 4.88 Å². The summed E-state index contributed by atoms with van der Waals surface area (Å²) >= 11 is 7.90. The van der Waals surface area contributed by atoms with Gasteiger partial charge in [-0.15, -0.1) is 22.7 Å². The molecule has 0 fully saturated rings. The van der Waals surface area contributed by atoms with Crippen LogP contribution in [0.25, 0.3) is 0 Å². The van der Waals surface area contributed by atoms with Crippen molar-refractivity contribution in [3.63, 3.8) is 0 Å². The van der Waals surface area contributed by atoms with Crippen LogP contribution in [0.5, 0.6) is 0 Å². The number of rotatable bonds is 5. The zero-order chi connectivity index (χ0) is 14.0. The lowest BCUT2D eigenvalue weighted by Crippen LogP contribution is -2.22. The van der Waals surface area contributed by atoms with Gasteiger partial charge < -0.3 is 5.11 Å². The van der Waals surface area contributed by atoms with Gasteiger partial charge in [0.25, 0.3) is 0 Å². The fourth-order valence-electron chi connectivity index (χ4n) is 1.27. The lowest BCUT2D eigenvalue weighted by Gasteiger charge is -2.02. The molecule has 0 saturated heterocycles. The number of sulfonamides is 1. The second-order valence-electron chi connectivity index (χ2n) is 3.48. The Kier molecular flexibility index (Phi) is 4.26. The van der Waals surface area contributed by atoms with Gasteiger partial charge in [-0.25, -0.2) is 17.9 Å². The molecule has 0 spiro atoms. The molecule has 0 atom stereocenters. The molecule has 0 aromatic carbocycles. The number of halogens is 1. The van der Waals surface area contributed by atoms with Crippen molar-refractivity contribution in [3.8, 4) is 0 Å². The van der Waals surface area contributed by atoms with Crippen LogP contribution in [0.15, 0.2) is 28.5 Å². The molecule has 0 unspecified atom stereocenters. The molecule has 0 aliphatic rings. The van der Waals surface area contributed by atoms with Crippen molar-refractivity contribution < 1.29 is 18.3 Å². The molecule has 9 heteroatoms. The molecule has 2 aromatic heterocycles. The SMILES string of the molecule is O=C(O)c1cc(S(=O)(=O)NCc2ccc(Cl)s2)cs1. The van der Waals surface area contributed by atoms with Gasteiger partial charge in [0.05, 0.1) is 9.23 Å². The Morgan fingerprint density at radius 1 is 1.42 bits per heavy atom. The van der Waals surface area contributed by atoms with Gasteiger partial charge in [-0.05, 0) is 18.2 Å². The summed E-state index contributed by atoms with van der Waals surface area (Å²) in [6.45, 7) is 0.123. The average Bonchev–Trinajstić information content (AvgIpc) is 2.95. The Hall–Kier alpha value is -0.930. The van der Waals surface area contributed by atoms with E-state index < -0.39 is 16.0 Å². The van der Waals surface area contributed by atoms with Crippen LogP contribution in [0.1, 0.15) is 14.5 Å². The first kappa shape index (κ1) is 14.5. The van der Waals surface area contributed by atoms with Gasteiger partial charge in [-0.3, -0.25) is 0 Å². The zero-order valence-corrected chi connectivity index (χ0v) is 12.5. The Morgan fingerprint density at radius 2 is 2.16 bits per heavy atom. The van der Waals surface area contributed by atoms with Gasteiger partial charge in [0.2, 0.25) is 10.0 Å². The van der Waals surface area contributed by atoms with Crippen LogP contribution >= 0.6 is 34.3 Å². The summed E-state index contributed by atoms with van der Waals surface area (Å²) in [7, 11) is -3.70.